The average Bonchev–Trinajstić information content (AvgIpc) is 3.38. The highest BCUT2D eigenvalue weighted by Crippen LogP contribution is 2.15. The number of hydrogen-bond donors (Lipinski definition) is 0. The maximum Gasteiger partial charge on any atom is 0.306 e. The van der Waals surface area contributed by atoms with Crippen LogP contribution < -0.4 is 0 Å². The van der Waals surface area contributed by atoms with Gasteiger partial charge < -0.3 is 14.2 Å². The van der Waals surface area contributed by atoms with Crippen molar-refractivity contribution in [2.24, 2.45) is 0 Å². The summed E-state index contributed by atoms with van der Waals surface area (Å²) in [6.45, 7) is 6.47. The first-order valence-electron chi connectivity index (χ1n) is 30.2. The fourth-order valence-corrected chi connectivity index (χ4v) is 8.30. The fourth-order valence-electron chi connectivity index (χ4n) is 8.30. The third kappa shape index (κ3) is 57.2. The second-order valence-corrected chi connectivity index (χ2v) is 19.9. The molecule has 0 amide bonds. The van der Waals surface area contributed by atoms with Gasteiger partial charge in [-0.1, -0.05) is 259 Å². The first-order valence-corrected chi connectivity index (χ1v) is 30.2. The van der Waals surface area contributed by atoms with E-state index in [-0.39, 0.29) is 31.1 Å². The zero-order valence-corrected chi connectivity index (χ0v) is 47.2. The van der Waals surface area contributed by atoms with E-state index in [1.807, 2.05) is 0 Å². The molecule has 72 heavy (non-hydrogen) atoms. The maximum absolute atomic E-state index is 12.8. The van der Waals surface area contributed by atoms with Gasteiger partial charge in [0.15, 0.2) is 6.10 Å². The van der Waals surface area contributed by atoms with Crippen molar-refractivity contribution in [3.8, 4) is 0 Å². The highest BCUT2D eigenvalue weighted by atomic mass is 16.6. The molecule has 6 heteroatoms. The fraction of sp³-hybridized carbons (Fsp3) is 0.712. The largest absolute Gasteiger partial charge is 0.462 e. The third-order valence-corrected chi connectivity index (χ3v) is 12.8. The molecule has 412 valence electrons. The van der Waals surface area contributed by atoms with Gasteiger partial charge in [0.2, 0.25) is 0 Å². The lowest BCUT2D eigenvalue weighted by atomic mass is 10.1. The molecular weight excluding hydrogens is 889 g/mol. The topological polar surface area (TPSA) is 78.9 Å². The monoisotopic (exact) mass is 1000 g/mol. The van der Waals surface area contributed by atoms with E-state index in [0.29, 0.717) is 19.3 Å². The van der Waals surface area contributed by atoms with Gasteiger partial charge in [-0.25, -0.2) is 0 Å². The number of rotatable bonds is 54. The molecule has 0 aliphatic carbocycles. The van der Waals surface area contributed by atoms with Crippen molar-refractivity contribution in [2.75, 3.05) is 13.2 Å². The van der Waals surface area contributed by atoms with Crippen molar-refractivity contribution >= 4 is 17.9 Å². The lowest BCUT2D eigenvalue weighted by Crippen LogP contribution is -2.30. The van der Waals surface area contributed by atoms with Gasteiger partial charge in [0.25, 0.3) is 0 Å². The van der Waals surface area contributed by atoms with E-state index in [9.17, 15) is 14.4 Å². The van der Waals surface area contributed by atoms with Crippen LogP contribution in [0.5, 0.6) is 0 Å². The van der Waals surface area contributed by atoms with Crippen LogP contribution in [-0.4, -0.2) is 37.2 Å². The van der Waals surface area contributed by atoms with Crippen LogP contribution in [0.2, 0.25) is 0 Å². The molecular formula is C66H112O6. The lowest BCUT2D eigenvalue weighted by molar-refractivity contribution is -0.167. The second-order valence-electron chi connectivity index (χ2n) is 19.9. The molecule has 0 bridgehead atoms. The van der Waals surface area contributed by atoms with E-state index in [0.717, 1.165) is 109 Å². The summed E-state index contributed by atoms with van der Waals surface area (Å²) in [7, 11) is 0. The molecule has 0 rings (SSSR count). The van der Waals surface area contributed by atoms with Crippen molar-refractivity contribution < 1.29 is 28.6 Å². The molecule has 0 heterocycles. The van der Waals surface area contributed by atoms with Crippen molar-refractivity contribution in [2.45, 2.75) is 290 Å². The number of carbonyl (C=O) groups is 3. The lowest BCUT2D eigenvalue weighted by Gasteiger charge is -2.18. The smallest absolute Gasteiger partial charge is 0.306 e. The van der Waals surface area contributed by atoms with E-state index in [2.05, 4.69) is 118 Å². The Morgan fingerprint density at radius 1 is 0.292 bits per heavy atom. The number of ether oxygens (including phenoxy) is 3. The van der Waals surface area contributed by atoms with Crippen molar-refractivity contribution in [1.29, 1.82) is 0 Å². The number of allylic oxidation sites excluding steroid dienone is 16. The minimum Gasteiger partial charge on any atom is -0.462 e. The van der Waals surface area contributed by atoms with E-state index in [4.69, 9.17) is 14.2 Å². The Bertz CT molecular complexity index is 1430. The normalized spacial score (nSPS) is 12.8. The molecule has 1 unspecified atom stereocenters. The predicted octanol–water partition coefficient (Wildman–Crippen LogP) is 20.5. The van der Waals surface area contributed by atoms with Crippen LogP contribution in [0.3, 0.4) is 0 Å². The Kier molecular flexibility index (Phi) is 56.8. The van der Waals surface area contributed by atoms with Crippen LogP contribution in [0, 0.1) is 0 Å². The van der Waals surface area contributed by atoms with Crippen LogP contribution >= 0.6 is 0 Å². The highest BCUT2D eigenvalue weighted by molar-refractivity contribution is 5.71. The standard InChI is InChI=1S/C66H112O6/c1-4-7-10-13-16-18-20-22-24-26-28-29-30-31-32-33-34-35-36-37-38-40-41-43-45-47-50-53-56-59-65(68)71-62-63(61-70-64(67)58-55-52-49-15-12-9-6-3)72-66(69)60-57-54-51-48-46-44-42-39-27-25-23-21-19-17-14-11-8-5-2/h7,10,16,18-19,21-22,24-25,27-29,31-32,34-35,63H,4-6,8-9,11-15,17,20,23,26,30,33,36-62H2,1-3H3/b10-7-,18-16-,21-19-,24-22-,27-25-,29-28-,32-31-,35-34-. The molecule has 0 N–H and O–H groups in total. The summed E-state index contributed by atoms with van der Waals surface area (Å²) in [5, 5.41) is 0. The minimum absolute atomic E-state index is 0.0805. The Balaban J connectivity index is 4.16. The summed E-state index contributed by atoms with van der Waals surface area (Å²) < 4.78 is 16.8. The van der Waals surface area contributed by atoms with Crippen LogP contribution in [-0.2, 0) is 28.6 Å². The summed E-state index contributed by atoms with van der Waals surface area (Å²) in [5.41, 5.74) is 0. The molecule has 0 aromatic rings. The first-order chi connectivity index (χ1) is 35.5. The summed E-state index contributed by atoms with van der Waals surface area (Å²) in [4.78, 5) is 38.0. The number of esters is 3. The highest BCUT2D eigenvalue weighted by Gasteiger charge is 2.19. The van der Waals surface area contributed by atoms with Gasteiger partial charge >= 0.3 is 17.9 Å². The van der Waals surface area contributed by atoms with Gasteiger partial charge in [0, 0.05) is 19.3 Å². The van der Waals surface area contributed by atoms with Crippen molar-refractivity contribution in [3.63, 3.8) is 0 Å². The molecule has 0 aliphatic heterocycles. The quantitative estimate of drug-likeness (QED) is 0.0261. The molecule has 0 fully saturated rings. The van der Waals surface area contributed by atoms with Gasteiger partial charge in [0.1, 0.15) is 13.2 Å². The Hall–Kier alpha value is -3.67. The third-order valence-electron chi connectivity index (χ3n) is 12.8. The zero-order chi connectivity index (χ0) is 52.2. The Labute approximate surface area is 445 Å². The maximum atomic E-state index is 12.8. The number of unbranched alkanes of at least 4 members (excludes halogenated alkanes) is 27. The van der Waals surface area contributed by atoms with Gasteiger partial charge in [-0.3, -0.25) is 14.4 Å². The molecule has 0 radical (unpaired) electrons. The molecule has 6 nitrogen and oxygen atoms in total. The Morgan fingerprint density at radius 3 is 0.861 bits per heavy atom. The van der Waals surface area contributed by atoms with Gasteiger partial charge in [-0.2, -0.15) is 0 Å². The number of carbonyl (C=O) groups excluding carboxylic acids is 3. The Morgan fingerprint density at radius 2 is 0.542 bits per heavy atom. The number of hydrogen-bond acceptors (Lipinski definition) is 6. The minimum atomic E-state index is -0.781. The van der Waals surface area contributed by atoms with E-state index in [1.54, 1.807) is 0 Å². The molecule has 0 saturated carbocycles. The van der Waals surface area contributed by atoms with E-state index >= 15 is 0 Å². The van der Waals surface area contributed by atoms with Crippen LogP contribution in [0.4, 0.5) is 0 Å². The molecule has 0 spiro atoms. The van der Waals surface area contributed by atoms with E-state index in [1.165, 1.54) is 135 Å². The van der Waals surface area contributed by atoms with Gasteiger partial charge in [0.05, 0.1) is 0 Å². The molecule has 0 saturated heterocycles. The van der Waals surface area contributed by atoms with Crippen molar-refractivity contribution in [1.82, 2.24) is 0 Å². The molecule has 0 aliphatic rings. The van der Waals surface area contributed by atoms with Crippen LogP contribution in [0.25, 0.3) is 0 Å². The summed E-state index contributed by atoms with van der Waals surface area (Å²) in [6.07, 6.45) is 80.0. The van der Waals surface area contributed by atoms with Gasteiger partial charge in [-0.15, -0.1) is 0 Å². The van der Waals surface area contributed by atoms with Crippen LogP contribution in [0.15, 0.2) is 97.2 Å². The predicted molar refractivity (Wildman–Crippen MR) is 311 cm³/mol. The molecule has 1 atom stereocenters. The van der Waals surface area contributed by atoms with E-state index < -0.39 is 6.10 Å². The zero-order valence-electron chi connectivity index (χ0n) is 47.2. The van der Waals surface area contributed by atoms with Crippen molar-refractivity contribution in [3.05, 3.63) is 97.2 Å². The summed E-state index contributed by atoms with van der Waals surface area (Å²) in [6, 6.07) is 0. The first kappa shape index (κ1) is 68.3. The van der Waals surface area contributed by atoms with Gasteiger partial charge in [-0.05, 0) is 103 Å². The molecule has 0 aromatic carbocycles. The second kappa shape index (κ2) is 59.9. The summed E-state index contributed by atoms with van der Waals surface area (Å²) >= 11 is 0. The van der Waals surface area contributed by atoms with Crippen LogP contribution in [0.1, 0.15) is 284 Å². The average molecular weight is 1000 g/mol. The SMILES string of the molecule is CC/C=C\C/C=C\C/C=C\C/C=C\C/C=C\C/C=C\CCCCCCCCCCCCC(=O)OCC(COC(=O)CCCCCCCCC)OC(=O)CCCCCCCCC/C=C\C/C=C\CCCCCC. The summed E-state index contributed by atoms with van der Waals surface area (Å²) in [5.74, 6) is -0.895. The molecule has 0 aromatic heterocycles.